The number of hydrogen-bond acceptors (Lipinski definition) is 3. The highest BCUT2D eigenvalue weighted by molar-refractivity contribution is 5.96. The first-order valence-electron chi connectivity index (χ1n) is 7.26. The number of carbonyl (C=O) groups excluding carboxylic acids is 1. The lowest BCUT2D eigenvalue weighted by Crippen LogP contribution is -2.35. The molecule has 2 unspecified atom stereocenters. The van der Waals surface area contributed by atoms with E-state index in [-0.39, 0.29) is 17.9 Å². The van der Waals surface area contributed by atoms with Crippen LogP contribution in [0.2, 0.25) is 0 Å². The normalized spacial score (nSPS) is 25.4. The van der Waals surface area contributed by atoms with Gasteiger partial charge in [0.15, 0.2) is 0 Å². The van der Waals surface area contributed by atoms with E-state index in [0.29, 0.717) is 0 Å². The zero-order valence-electron chi connectivity index (χ0n) is 11.3. The number of carbonyl (C=O) groups is 1. The quantitative estimate of drug-likeness (QED) is 0.854. The zero-order chi connectivity index (χ0) is 13.7. The lowest BCUT2D eigenvalue weighted by atomic mass is 10.1. The molecule has 1 saturated carbocycles. The number of nitrogens with zero attached hydrogens (tertiary/aromatic N) is 3. The van der Waals surface area contributed by atoms with E-state index in [1.54, 1.807) is 0 Å². The third-order valence-corrected chi connectivity index (χ3v) is 4.51. The molecule has 5 heteroatoms. The van der Waals surface area contributed by atoms with E-state index in [9.17, 15) is 4.79 Å². The Morgan fingerprint density at radius 2 is 2.10 bits per heavy atom. The summed E-state index contributed by atoms with van der Waals surface area (Å²) in [5.74, 6) is 1.08. The molecular formula is C15H18N4O. The standard InChI is InChI=1S/C15H18N4O/c16-11-6-5-10(9-11)14(20)19-8-7-18-13-4-2-1-3-12(13)17-15(18)19/h1-4,10-11H,5-9,16H2. The van der Waals surface area contributed by atoms with Gasteiger partial charge in [-0.25, -0.2) is 4.98 Å². The molecule has 2 heterocycles. The number of anilines is 1. The number of aromatic nitrogens is 2. The predicted molar refractivity (Wildman–Crippen MR) is 77.4 cm³/mol. The minimum absolute atomic E-state index is 0.0800. The maximum Gasteiger partial charge on any atom is 0.232 e. The number of para-hydroxylation sites is 2. The van der Waals surface area contributed by atoms with Gasteiger partial charge in [0.05, 0.1) is 11.0 Å². The van der Waals surface area contributed by atoms with Crippen molar-refractivity contribution in [1.29, 1.82) is 0 Å². The van der Waals surface area contributed by atoms with Crippen LogP contribution in [0.15, 0.2) is 24.3 Å². The van der Waals surface area contributed by atoms with Gasteiger partial charge in [-0.15, -0.1) is 0 Å². The van der Waals surface area contributed by atoms with E-state index in [4.69, 9.17) is 5.73 Å². The molecule has 2 aliphatic rings. The average Bonchev–Trinajstić information content (AvgIpc) is 3.12. The zero-order valence-corrected chi connectivity index (χ0v) is 11.3. The van der Waals surface area contributed by atoms with Crippen molar-refractivity contribution in [2.24, 2.45) is 11.7 Å². The molecule has 2 atom stereocenters. The summed E-state index contributed by atoms with van der Waals surface area (Å²) in [7, 11) is 0. The lowest BCUT2D eigenvalue weighted by Gasteiger charge is -2.18. The maximum absolute atomic E-state index is 12.6. The van der Waals surface area contributed by atoms with Crippen molar-refractivity contribution in [3.63, 3.8) is 0 Å². The summed E-state index contributed by atoms with van der Waals surface area (Å²) in [4.78, 5) is 19.1. The Labute approximate surface area is 117 Å². The van der Waals surface area contributed by atoms with Crippen LogP contribution in [-0.2, 0) is 11.3 Å². The van der Waals surface area contributed by atoms with E-state index in [2.05, 4.69) is 15.6 Å². The molecule has 20 heavy (non-hydrogen) atoms. The SMILES string of the molecule is NC1CCC(C(=O)N2CCn3c2nc2ccccc23)C1. The van der Waals surface area contributed by atoms with E-state index >= 15 is 0 Å². The van der Waals surface area contributed by atoms with Crippen molar-refractivity contribution in [2.75, 3.05) is 11.4 Å². The number of hydrogen-bond donors (Lipinski definition) is 1. The summed E-state index contributed by atoms with van der Waals surface area (Å²) in [5, 5.41) is 0. The Morgan fingerprint density at radius 1 is 1.25 bits per heavy atom. The van der Waals surface area contributed by atoms with Gasteiger partial charge in [0.2, 0.25) is 11.9 Å². The van der Waals surface area contributed by atoms with Crippen molar-refractivity contribution in [1.82, 2.24) is 9.55 Å². The van der Waals surface area contributed by atoms with Crippen molar-refractivity contribution in [3.8, 4) is 0 Å². The molecular weight excluding hydrogens is 252 g/mol. The number of nitrogens with two attached hydrogens (primary N) is 1. The molecule has 1 aromatic heterocycles. The molecule has 1 amide bonds. The highest BCUT2D eigenvalue weighted by atomic mass is 16.2. The minimum atomic E-state index is 0.0800. The smallest absolute Gasteiger partial charge is 0.232 e. The van der Waals surface area contributed by atoms with Crippen LogP contribution < -0.4 is 10.6 Å². The van der Waals surface area contributed by atoms with Crippen LogP contribution in [0.3, 0.4) is 0 Å². The summed E-state index contributed by atoms with van der Waals surface area (Å²) in [6.07, 6.45) is 2.69. The Morgan fingerprint density at radius 3 is 2.90 bits per heavy atom. The molecule has 4 rings (SSSR count). The molecule has 0 saturated heterocycles. The van der Waals surface area contributed by atoms with Crippen molar-refractivity contribution >= 4 is 22.9 Å². The Balaban J connectivity index is 1.68. The molecule has 0 radical (unpaired) electrons. The lowest BCUT2D eigenvalue weighted by molar-refractivity contribution is -0.122. The molecule has 1 aliphatic heterocycles. The first kappa shape index (κ1) is 11.9. The fourth-order valence-corrected chi connectivity index (χ4v) is 3.46. The van der Waals surface area contributed by atoms with Gasteiger partial charge in [0, 0.05) is 25.0 Å². The van der Waals surface area contributed by atoms with Gasteiger partial charge >= 0.3 is 0 Å². The predicted octanol–water partition coefficient (Wildman–Crippen LogP) is 1.51. The van der Waals surface area contributed by atoms with Crippen molar-refractivity contribution in [3.05, 3.63) is 24.3 Å². The first-order valence-corrected chi connectivity index (χ1v) is 7.26. The number of fused-ring (bicyclic) bond motifs is 3. The van der Waals surface area contributed by atoms with Crippen LogP contribution in [0.25, 0.3) is 11.0 Å². The fraction of sp³-hybridized carbons (Fsp3) is 0.467. The molecule has 1 aromatic carbocycles. The molecule has 1 fully saturated rings. The molecule has 0 bridgehead atoms. The monoisotopic (exact) mass is 270 g/mol. The van der Waals surface area contributed by atoms with Gasteiger partial charge < -0.3 is 10.3 Å². The second kappa shape index (κ2) is 4.31. The van der Waals surface area contributed by atoms with Crippen LogP contribution in [0.1, 0.15) is 19.3 Å². The van der Waals surface area contributed by atoms with E-state index in [1.165, 1.54) is 0 Å². The van der Waals surface area contributed by atoms with Crippen molar-refractivity contribution in [2.45, 2.75) is 31.8 Å². The van der Waals surface area contributed by atoms with Crippen LogP contribution in [0, 0.1) is 5.92 Å². The third-order valence-electron chi connectivity index (χ3n) is 4.51. The number of rotatable bonds is 1. The van der Waals surface area contributed by atoms with Crippen LogP contribution in [0.5, 0.6) is 0 Å². The summed E-state index contributed by atoms with van der Waals surface area (Å²) in [6.45, 7) is 1.57. The van der Waals surface area contributed by atoms with Crippen LogP contribution in [0.4, 0.5) is 5.95 Å². The molecule has 104 valence electrons. The highest BCUT2D eigenvalue weighted by Gasteiger charge is 2.35. The summed E-state index contributed by atoms with van der Waals surface area (Å²) in [6, 6.07) is 8.23. The third kappa shape index (κ3) is 1.66. The van der Waals surface area contributed by atoms with Gasteiger partial charge in [-0.2, -0.15) is 0 Å². The number of amides is 1. The molecule has 1 aliphatic carbocycles. The average molecular weight is 270 g/mol. The second-order valence-electron chi connectivity index (χ2n) is 5.81. The molecule has 2 aromatic rings. The summed E-state index contributed by atoms with van der Waals surface area (Å²) in [5.41, 5.74) is 8.00. The first-order chi connectivity index (χ1) is 9.74. The van der Waals surface area contributed by atoms with Crippen LogP contribution >= 0.6 is 0 Å². The van der Waals surface area contributed by atoms with Gasteiger partial charge in [0.1, 0.15) is 0 Å². The Kier molecular flexibility index (Phi) is 2.57. The van der Waals surface area contributed by atoms with Crippen LogP contribution in [-0.4, -0.2) is 28.0 Å². The maximum atomic E-state index is 12.6. The molecule has 2 N–H and O–H groups in total. The largest absolute Gasteiger partial charge is 0.328 e. The molecule has 0 spiro atoms. The van der Waals surface area contributed by atoms with E-state index in [0.717, 1.165) is 49.3 Å². The summed E-state index contributed by atoms with van der Waals surface area (Å²) < 4.78 is 2.14. The minimum Gasteiger partial charge on any atom is -0.328 e. The Hall–Kier alpha value is -1.88. The topological polar surface area (TPSA) is 64.2 Å². The van der Waals surface area contributed by atoms with E-state index in [1.807, 2.05) is 23.1 Å². The van der Waals surface area contributed by atoms with Gasteiger partial charge in [-0.3, -0.25) is 9.69 Å². The fourth-order valence-electron chi connectivity index (χ4n) is 3.46. The second-order valence-corrected chi connectivity index (χ2v) is 5.81. The van der Waals surface area contributed by atoms with Gasteiger partial charge in [-0.1, -0.05) is 12.1 Å². The van der Waals surface area contributed by atoms with Crippen molar-refractivity contribution < 1.29 is 4.79 Å². The van der Waals surface area contributed by atoms with Gasteiger partial charge in [0.25, 0.3) is 0 Å². The molecule has 5 nitrogen and oxygen atoms in total. The summed E-state index contributed by atoms with van der Waals surface area (Å²) >= 11 is 0. The highest BCUT2D eigenvalue weighted by Crippen LogP contribution is 2.32. The van der Waals surface area contributed by atoms with E-state index < -0.39 is 0 Å². The van der Waals surface area contributed by atoms with Gasteiger partial charge in [-0.05, 0) is 31.4 Å². The number of benzene rings is 1. The Bertz CT molecular complexity index is 678. The number of imidazole rings is 1.